The second-order valence-corrected chi connectivity index (χ2v) is 8.32. The zero-order chi connectivity index (χ0) is 21.2. The van der Waals surface area contributed by atoms with Crippen LogP contribution in [0.4, 0.5) is 0 Å². The van der Waals surface area contributed by atoms with Crippen molar-refractivity contribution in [1.29, 1.82) is 0 Å². The second-order valence-electron chi connectivity index (χ2n) is 7.27. The molecule has 0 atom stereocenters. The van der Waals surface area contributed by atoms with Gasteiger partial charge in [0.2, 0.25) is 10.4 Å². The number of unbranched alkanes of at least 4 members (excludes halogenated alkanes) is 9. The summed E-state index contributed by atoms with van der Waals surface area (Å²) in [6, 6.07) is 8.10. The molecule has 0 spiro atoms. The number of rotatable bonds is 19. The minimum atomic E-state index is -4.64. The zero-order valence-corrected chi connectivity index (χ0v) is 21.6. The van der Waals surface area contributed by atoms with Crippen molar-refractivity contribution in [3.05, 3.63) is 29.8 Å². The van der Waals surface area contributed by atoms with Gasteiger partial charge in [-0.25, -0.2) is 8.42 Å². The Balaban J connectivity index is 0.00000841. The molecule has 0 saturated carbocycles. The minimum Gasteiger partial charge on any atom is -0.726 e. The molecule has 1 aromatic rings. The Hall–Kier alpha value is -0.150. The van der Waals surface area contributed by atoms with Gasteiger partial charge in [0.25, 0.3) is 0 Å². The van der Waals surface area contributed by atoms with Crippen molar-refractivity contribution < 1.29 is 56.2 Å². The average molecular weight is 453 g/mol. The maximum Gasteiger partial charge on any atom is 1.00 e. The van der Waals surface area contributed by atoms with Crippen LogP contribution in [-0.4, -0.2) is 39.4 Å². The van der Waals surface area contributed by atoms with Crippen LogP contribution in [-0.2, 0) is 25.7 Å². The van der Waals surface area contributed by atoms with E-state index >= 15 is 0 Å². The Bertz CT molecular complexity index is 607. The van der Waals surface area contributed by atoms with Crippen LogP contribution < -0.4 is 34.3 Å². The van der Waals surface area contributed by atoms with Crippen LogP contribution in [0, 0.1) is 0 Å². The van der Waals surface area contributed by atoms with Gasteiger partial charge in [0.15, 0.2) is 0 Å². The monoisotopic (exact) mass is 452 g/mol. The molecule has 0 aromatic heterocycles. The Kier molecular flexibility index (Phi) is 19.4. The molecule has 168 valence electrons. The van der Waals surface area contributed by atoms with Crippen molar-refractivity contribution in [2.45, 2.75) is 77.6 Å². The van der Waals surface area contributed by atoms with E-state index in [2.05, 4.69) is 23.2 Å². The third kappa shape index (κ3) is 18.6. The zero-order valence-electron chi connectivity index (χ0n) is 18.8. The summed E-state index contributed by atoms with van der Waals surface area (Å²) >= 11 is 0. The SMILES string of the molecule is CCCCCCCCCCCCc1ccc(OCCOCCOS(=O)(=O)[O-])cc1.[Na+]. The van der Waals surface area contributed by atoms with E-state index in [-0.39, 0.29) is 42.8 Å². The van der Waals surface area contributed by atoms with E-state index in [0.29, 0.717) is 13.2 Å². The van der Waals surface area contributed by atoms with Crippen LogP contribution in [0.3, 0.4) is 0 Å². The average Bonchev–Trinajstić information content (AvgIpc) is 2.69. The van der Waals surface area contributed by atoms with Crippen LogP contribution >= 0.6 is 0 Å². The fourth-order valence-corrected chi connectivity index (χ4v) is 3.36. The fraction of sp³-hybridized carbons (Fsp3) is 0.727. The Morgan fingerprint density at radius 3 is 1.87 bits per heavy atom. The fourth-order valence-electron chi connectivity index (χ4n) is 3.08. The maximum absolute atomic E-state index is 10.2. The molecule has 0 aliphatic carbocycles. The molecule has 30 heavy (non-hydrogen) atoms. The first-order valence-electron chi connectivity index (χ1n) is 10.9. The van der Waals surface area contributed by atoms with E-state index in [4.69, 9.17) is 9.47 Å². The third-order valence-corrected chi connectivity index (χ3v) is 5.15. The molecule has 0 radical (unpaired) electrons. The van der Waals surface area contributed by atoms with Crippen LogP contribution in [0.2, 0.25) is 0 Å². The summed E-state index contributed by atoms with van der Waals surface area (Å²) in [5.74, 6) is 0.777. The van der Waals surface area contributed by atoms with E-state index in [0.717, 1.165) is 12.2 Å². The second kappa shape index (κ2) is 19.5. The first kappa shape index (κ1) is 29.9. The molecule has 6 nitrogen and oxygen atoms in total. The van der Waals surface area contributed by atoms with Crippen molar-refractivity contribution in [2.24, 2.45) is 0 Å². The summed E-state index contributed by atoms with van der Waals surface area (Å²) in [5, 5.41) is 0. The van der Waals surface area contributed by atoms with Gasteiger partial charge in [-0.05, 0) is 30.5 Å². The van der Waals surface area contributed by atoms with E-state index in [1.807, 2.05) is 12.1 Å². The molecule has 1 aromatic carbocycles. The predicted octanol–water partition coefficient (Wildman–Crippen LogP) is 2.03. The standard InChI is InChI=1S/C22H38O6S.Na/c1-2-3-4-5-6-7-8-9-10-11-12-21-13-15-22(16-14-21)27-19-17-26-18-20-28-29(23,24)25;/h13-16H,2-12,17-20H2,1H3,(H,23,24,25);/q;+1/p-1. The molecular formula is C22H37NaO6S. The Morgan fingerprint density at radius 1 is 0.767 bits per heavy atom. The molecule has 0 fully saturated rings. The summed E-state index contributed by atoms with van der Waals surface area (Å²) in [4.78, 5) is 0. The Labute approximate surface area is 205 Å². The quantitative estimate of drug-likeness (QED) is 0.138. The van der Waals surface area contributed by atoms with Crippen molar-refractivity contribution in [1.82, 2.24) is 0 Å². The van der Waals surface area contributed by atoms with Crippen molar-refractivity contribution >= 4 is 10.4 Å². The molecule has 0 bridgehead atoms. The van der Waals surface area contributed by atoms with Gasteiger partial charge in [0, 0.05) is 0 Å². The van der Waals surface area contributed by atoms with E-state index in [1.165, 1.54) is 69.8 Å². The molecule has 0 saturated heterocycles. The van der Waals surface area contributed by atoms with Gasteiger partial charge in [0.05, 0.1) is 19.8 Å². The number of hydrogen-bond donors (Lipinski definition) is 0. The predicted molar refractivity (Wildman–Crippen MR) is 114 cm³/mol. The third-order valence-electron chi connectivity index (χ3n) is 4.69. The number of aryl methyl sites for hydroxylation is 1. The molecule has 1 rings (SSSR count). The molecule has 0 heterocycles. The van der Waals surface area contributed by atoms with Gasteiger partial charge in [-0.3, -0.25) is 4.18 Å². The van der Waals surface area contributed by atoms with E-state index in [1.54, 1.807) is 0 Å². The van der Waals surface area contributed by atoms with Crippen molar-refractivity contribution in [3.63, 3.8) is 0 Å². The molecule has 0 N–H and O–H groups in total. The van der Waals surface area contributed by atoms with E-state index < -0.39 is 10.4 Å². The molecule has 0 aliphatic heterocycles. The first-order chi connectivity index (χ1) is 14.0. The summed E-state index contributed by atoms with van der Waals surface area (Å²) < 4.78 is 45.5. The van der Waals surface area contributed by atoms with Gasteiger partial charge in [-0.1, -0.05) is 76.8 Å². The summed E-state index contributed by atoms with van der Waals surface area (Å²) in [6.07, 6.45) is 14.6. The summed E-state index contributed by atoms with van der Waals surface area (Å²) in [5.41, 5.74) is 1.32. The number of ether oxygens (including phenoxy) is 2. The van der Waals surface area contributed by atoms with Crippen molar-refractivity contribution in [2.75, 3.05) is 26.4 Å². The summed E-state index contributed by atoms with van der Waals surface area (Å²) in [7, 11) is -4.64. The Morgan fingerprint density at radius 2 is 1.30 bits per heavy atom. The normalized spacial score (nSPS) is 11.3. The smallest absolute Gasteiger partial charge is 0.726 e. The molecule has 0 unspecified atom stereocenters. The number of benzene rings is 1. The van der Waals surface area contributed by atoms with Crippen LogP contribution in [0.1, 0.15) is 76.7 Å². The minimum absolute atomic E-state index is 0. The largest absolute Gasteiger partial charge is 1.00 e. The van der Waals surface area contributed by atoms with Crippen molar-refractivity contribution in [3.8, 4) is 5.75 Å². The topological polar surface area (TPSA) is 84.9 Å². The molecule has 8 heteroatoms. The van der Waals surface area contributed by atoms with Gasteiger partial charge >= 0.3 is 29.6 Å². The first-order valence-corrected chi connectivity index (χ1v) is 12.2. The molecular weight excluding hydrogens is 415 g/mol. The van der Waals surface area contributed by atoms with Crippen LogP contribution in [0.15, 0.2) is 24.3 Å². The van der Waals surface area contributed by atoms with Crippen LogP contribution in [0.5, 0.6) is 5.75 Å². The number of hydrogen-bond acceptors (Lipinski definition) is 6. The maximum atomic E-state index is 10.2. The molecule has 0 amide bonds. The van der Waals surface area contributed by atoms with Gasteiger partial charge in [-0.2, -0.15) is 0 Å². The van der Waals surface area contributed by atoms with Gasteiger partial charge in [0.1, 0.15) is 12.4 Å². The van der Waals surface area contributed by atoms with Crippen LogP contribution in [0.25, 0.3) is 0 Å². The van der Waals surface area contributed by atoms with E-state index in [9.17, 15) is 13.0 Å². The van der Waals surface area contributed by atoms with Gasteiger partial charge in [-0.15, -0.1) is 0 Å². The van der Waals surface area contributed by atoms with Gasteiger partial charge < -0.3 is 14.0 Å². The summed E-state index contributed by atoms with van der Waals surface area (Å²) in [6.45, 7) is 2.65. The molecule has 0 aliphatic rings.